The summed E-state index contributed by atoms with van der Waals surface area (Å²) in [5, 5.41) is 11.1. The van der Waals surface area contributed by atoms with Gasteiger partial charge >= 0.3 is 0 Å². The number of carbonyl (C=O) groups excluding carboxylic acids is 1. The molecule has 1 aromatic heterocycles. The molecule has 0 saturated heterocycles. The molecule has 0 unspecified atom stereocenters. The maximum atomic E-state index is 12.5. The van der Waals surface area contributed by atoms with Gasteiger partial charge in [-0.1, -0.05) is 5.76 Å². The van der Waals surface area contributed by atoms with Crippen LogP contribution in [0, 0.1) is 5.95 Å². The summed E-state index contributed by atoms with van der Waals surface area (Å²) in [5.41, 5.74) is -0.198. The summed E-state index contributed by atoms with van der Waals surface area (Å²) in [5.74, 6) is -3.49. The summed E-state index contributed by atoms with van der Waals surface area (Å²) in [7, 11) is 0. The van der Waals surface area contributed by atoms with E-state index in [1.165, 1.54) is 0 Å². The number of hydrogen-bond acceptors (Lipinski definition) is 3. The van der Waals surface area contributed by atoms with Gasteiger partial charge in [-0.3, -0.25) is 4.79 Å². The lowest BCUT2D eigenvalue weighted by Gasteiger charge is -2.10. The van der Waals surface area contributed by atoms with Gasteiger partial charge < -0.3 is 5.11 Å². The van der Waals surface area contributed by atoms with Crippen LogP contribution in [0.3, 0.4) is 0 Å². The van der Waals surface area contributed by atoms with E-state index < -0.39 is 23.9 Å². The van der Waals surface area contributed by atoms with Crippen LogP contribution < -0.4 is 5.11 Å². The van der Waals surface area contributed by atoms with E-state index in [0.717, 1.165) is 18.3 Å². The van der Waals surface area contributed by atoms with E-state index in [9.17, 15) is 23.1 Å². The predicted molar refractivity (Wildman–Crippen MR) is 43.2 cm³/mol. The molecule has 0 bridgehead atoms. The van der Waals surface area contributed by atoms with Crippen LogP contribution in [-0.4, -0.2) is 17.2 Å². The highest BCUT2D eigenvalue weighted by Crippen LogP contribution is 2.09. The minimum atomic E-state index is -3.24. The highest BCUT2D eigenvalue weighted by Gasteiger charge is 2.11. The van der Waals surface area contributed by atoms with Crippen LogP contribution >= 0.6 is 0 Å². The van der Waals surface area contributed by atoms with Gasteiger partial charge in [0.25, 0.3) is 6.43 Å². The molecule has 0 aromatic carbocycles. The van der Waals surface area contributed by atoms with E-state index in [1.54, 1.807) is 0 Å². The Morgan fingerprint density at radius 3 is 2.73 bits per heavy atom. The monoisotopic (exact) mass is 216 g/mol. The molecular formula is C9H5F3NO2-. The first-order valence-electron chi connectivity index (χ1n) is 3.83. The van der Waals surface area contributed by atoms with E-state index in [2.05, 4.69) is 4.98 Å². The Hall–Kier alpha value is -1.85. The Morgan fingerprint density at radius 1 is 1.53 bits per heavy atom. The number of alkyl halides is 2. The Morgan fingerprint density at radius 2 is 2.20 bits per heavy atom. The molecule has 0 N–H and O–H groups in total. The third-order valence-electron chi connectivity index (χ3n) is 1.50. The number of ketones is 1. The first kappa shape index (κ1) is 11.2. The molecule has 1 heterocycles. The third-order valence-corrected chi connectivity index (χ3v) is 1.50. The summed E-state index contributed by atoms with van der Waals surface area (Å²) in [4.78, 5) is 13.6. The Kier molecular flexibility index (Phi) is 3.43. The maximum absolute atomic E-state index is 12.5. The molecule has 3 nitrogen and oxygen atoms in total. The first-order valence-corrected chi connectivity index (χ1v) is 3.83. The van der Waals surface area contributed by atoms with Crippen molar-refractivity contribution in [2.24, 2.45) is 0 Å². The van der Waals surface area contributed by atoms with E-state index in [1.807, 2.05) is 0 Å². The molecule has 15 heavy (non-hydrogen) atoms. The van der Waals surface area contributed by atoms with Gasteiger partial charge in [0.05, 0.1) is 0 Å². The molecular weight excluding hydrogens is 211 g/mol. The molecule has 0 radical (unpaired) electrons. The predicted octanol–water partition coefficient (Wildman–Crippen LogP) is 0.756. The molecule has 6 heteroatoms. The maximum Gasteiger partial charge on any atom is 0.299 e. The van der Waals surface area contributed by atoms with Gasteiger partial charge in [-0.2, -0.15) is 4.39 Å². The van der Waals surface area contributed by atoms with Gasteiger partial charge in [0, 0.05) is 6.20 Å². The van der Waals surface area contributed by atoms with Gasteiger partial charge in [-0.05, 0) is 23.8 Å². The van der Waals surface area contributed by atoms with E-state index in [-0.39, 0.29) is 11.6 Å². The van der Waals surface area contributed by atoms with Crippen molar-refractivity contribution in [2.75, 3.05) is 0 Å². The van der Waals surface area contributed by atoms with Gasteiger partial charge in [0.1, 0.15) is 0 Å². The van der Waals surface area contributed by atoms with Crippen LogP contribution in [0.2, 0.25) is 0 Å². The minimum absolute atomic E-state index is 0.198. The lowest BCUT2D eigenvalue weighted by Crippen LogP contribution is -2.11. The average Bonchev–Trinajstić information content (AvgIpc) is 2.17. The summed E-state index contributed by atoms with van der Waals surface area (Å²) >= 11 is 0. The van der Waals surface area contributed by atoms with Crippen molar-refractivity contribution in [3.05, 3.63) is 35.9 Å². The van der Waals surface area contributed by atoms with E-state index in [0.29, 0.717) is 0 Å². The highest BCUT2D eigenvalue weighted by atomic mass is 19.3. The van der Waals surface area contributed by atoms with Crippen molar-refractivity contribution >= 4 is 11.5 Å². The number of aromatic nitrogens is 1. The number of carbonyl (C=O) groups is 1. The smallest absolute Gasteiger partial charge is 0.299 e. The second-order valence-electron chi connectivity index (χ2n) is 2.58. The molecule has 0 aliphatic rings. The number of rotatable bonds is 3. The van der Waals surface area contributed by atoms with Gasteiger partial charge in [0.2, 0.25) is 11.7 Å². The largest absolute Gasteiger partial charge is 0.872 e. The molecule has 0 saturated carbocycles. The second kappa shape index (κ2) is 4.59. The zero-order chi connectivity index (χ0) is 11.4. The summed E-state index contributed by atoms with van der Waals surface area (Å²) in [6, 6.07) is 1.89. The van der Waals surface area contributed by atoms with Crippen molar-refractivity contribution < 1.29 is 23.1 Å². The van der Waals surface area contributed by atoms with Crippen LogP contribution in [0.5, 0.6) is 0 Å². The molecule has 1 rings (SSSR count). The van der Waals surface area contributed by atoms with Gasteiger partial charge in [-0.15, -0.1) is 0 Å². The van der Waals surface area contributed by atoms with E-state index in [4.69, 9.17) is 0 Å². The number of nitrogens with zero attached hydrogens (tertiary/aromatic N) is 1. The van der Waals surface area contributed by atoms with Crippen molar-refractivity contribution in [3.8, 4) is 0 Å². The lowest BCUT2D eigenvalue weighted by molar-refractivity contribution is -0.244. The Bertz CT molecular complexity index is 404. The van der Waals surface area contributed by atoms with Crippen molar-refractivity contribution in [3.63, 3.8) is 0 Å². The quantitative estimate of drug-likeness (QED) is 0.425. The molecule has 0 amide bonds. The fraction of sp³-hybridized carbons (Fsp3) is 0.111. The van der Waals surface area contributed by atoms with Crippen LogP contribution in [0.4, 0.5) is 13.2 Å². The summed E-state index contributed by atoms with van der Waals surface area (Å²) in [6.45, 7) is 0. The number of pyridine rings is 1. The topological polar surface area (TPSA) is 53.0 Å². The molecule has 0 atom stereocenters. The van der Waals surface area contributed by atoms with Crippen LogP contribution in [0.25, 0.3) is 5.76 Å². The normalized spacial score (nSPS) is 11.9. The van der Waals surface area contributed by atoms with Crippen LogP contribution in [-0.2, 0) is 4.79 Å². The number of allylic oxidation sites excluding steroid dienone is 1. The molecule has 1 aromatic rings. The second-order valence-corrected chi connectivity index (χ2v) is 2.58. The summed E-state index contributed by atoms with van der Waals surface area (Å²) < 4.78 is 36.0. The zero-order valence-corrected chi connectivity index (χ0v) is 7.28. The number of halogens is 3. The van der Waals surface area contributed by atoms with Crippen LogP contribution in [0.15, 0.2) is 24.4 Å². The Balaban J connectivity index is 2.94. The molecule has 0 spiro atoms. The first-order chi connectivity index (χ1) is 7.00. The van der Waals surface area contributed by atoms with Crippen molar-refractivity contribution in [2.45, 2.75) is 6.43 Å². The third kappa shape index (κ3) is 3.08. The van der Waals surface area contributed by atoms with E-state index >= 15 is 0 Å². The molecule has 80 valence electrons. The molecule has 0 aliphatic heterocycles. The van der Waals surface area contributed by atoms with Gasteiger partial charge in [-0.25, -0.2) is 13.8 Å². The number of hydrogen-bond donors (Lipinski definition) is 0. The standard InChI is InChI=1S/C9H6F3NO2/c10-8-3-5(1-2-13-8)6(14)4-7(15)9(11)12/h1-4,9,14H/p-1/b6-4-. The average molecular weight is 216 g/mol. The molecule has 0 fully saturated rings. The highest BCUT2D eigenvalue weighted by molar-refractivity contribution is 5.97. The van der Waals surface area contributed by atoms with Crippen molar-refractivity contribution in [1.82, 2.24) is 4.98 Å². The fourth-order valence-electron chi connectivity index (χ4n) is 0.831. The summed E-state index contributed by atoms with van der Waals surface area (Å²) in [6.07, 6.45) is -2.00. The fourth-order valence-corrected chi connectivity index (χ4v) is 0.831. The van der Waals surface area contributed by atoms with Crippen molar-refractivity contribution in [1.29, 1.82) is 0 Å². The SMILES string of the molecule is O=C(/C=C(\[O-])c1ccnc(F)c1)C(F)F. The van der Waals surface area contributed by atoms with Crippen LogP contribution in [0.1, 0.15) is 5.56 Å². The van der Waals surface area contributed by atoms with Gasteiger partial charge in [0.15, 0.2) is 0 Å². The zero-order valence-electron chi connectivity index (χ0n) is 7.28. The lowest BCUT2D eigenvalue weighted by atomic mass is 10.2. The molecule has 0 aliphatic carbocycles. The minimum Gasteiger partial charge on any atom is -0.872 e. The Labute approximate surface area is 82.9 Å².